The third-order valence-corrected chi connectivity index (χ3v) is 1.98. The van der Waals surface area contributed by atoms with E-state index < -0.39 is 17.5 Å². The van der Waals surface area contributed by atoms with Crippen LogP contribution in [0.2, 0.25) is 0 Å². The van der Waals surface area contributed by atoms with E-state index in [9.17, 15) is 14.7 Å². The Morgan fingerprint density at radius 3 is 2.29 bits per heavy atom. The van der Waals surface area contributed by atoms with E-state index in [2.05, 4.69) is 0 Å². The fourth-order valence-electron chi connectivity index (χ4n) is 1.17. The molecule has 0 bridgehead atoms. The highest BCUT2D eigenvalue weighted by Gasteiger charge is 2.16. The summed E-state index contributed by atoms with van der Waals surface area (Å²) in [5.74, 6) is -3.06. The first kappa shape index (κ1) is 12.6. The first-order valence-corrected chi connectivity index (χ1v) is 4.51. The van der Waals surface area contributed by atoms with E-state index in [0.717, 1.165) is 6.08 Å². The van der Waals surface area contributed by atoms with E-state index in [1.54, 1.807) is 0 Å². The minimum Gasteiger partial charge on any atom is -0.504 e. The van der Waals surface area contributed by atoms with Gasteiger partial charge in [0.05, 0.1) is 7.11 Å². The van der Waals surface area contributed by atoms with E-state index >= 15 is 0 Å². The molecule has 17 heavy (non-hydrogen) atoms. The van der Waals surface area contributed by atoms with E-state index in [1.165, 1.54) is 25.3 Å². The van der Waals surface area contributed by atoms with Gasteiger partial charge in [-0.2, -0.15) is 0 Å². The van der Waals surface area contributed by atoms with Crippen LogP contribution in [0.15, 0.2) is 23.8 Å². The fraction of sp³-hybridized carbons (Fsp3) is 0.0909. The van der Waals surface area contributed by atoms with Crippen LogP contribution in [0.5, 0.6) is 11.5 Å². The van der Waals surface area contributed by atoms with Crippen LogP contribution in [0, 0.1) is 0 Å². The van der Waals surface area contributed by atoms with Crippen molar-refractivity contribution in [1.82, 2.24) is 0 Å². The summed E-state index contributed by atoms with van der Waals surface area (Å²) in [5, 5.41) is 26.6. The van der Waals surface area contributed by atoms with Crippen molar-refractivity contribution in [3.8, 4) is 11.5 Å². The second kappa shape index (κ2) is 5.02. The zero-order valence-corrected chi connectivity index (χ0v) is 8.88. The van der Waals surface area contributed by atoms with Gasteiger partial charge in [0, 0.05) is 0 Å². The van der Waals surface area contributed by atoms with Gasteiger partial charge in [-0.25, -0.2) is 9.59 Å². The SMILES string of the molecule is COc1cc(C=C(C(=O)O)C(=O)O)ccc1O. The van der Waals surface area contributed by atoms with Crippen molar-refractivity contribution in [1.29, 1.82) is 0 Å². The minimum atomic E-state index is -1.54. The van der Waals surface area contributed by atoms with Gasteiger partial charge in [0.15, 0.2) is 11.5 Å². The number of carboxylic acid groups (broad SMARTS) is 2. The molecule has 90 valence electrons. The van der Waals surface area contributed by atoms with Crippen LogP contribution >= 0.6 is 0 Å². The van der Waals surface area contributed by atoms with Crippen LogP contribution < -0.4 is 4.74 Å². The minimum absolute atomic E-state index is 0.114. The molecular formula is C11H10O6. The molecule has 0 aromatic heterocycles. The normalized spacial score (nSPS) is 9.47. The molecule has 0 amide bonds. The fourth-order valence-corrected chi connectivity index (χ4v) is 1.17. The second-order valence-electron chi connectivity index (χ2n) is 3.10. The first-order chi connectivity index (χ1) is 7.95. The zero-order chi connectivity index (χ0) is 13.0. The van der Waals surface area contributed by atoms with Crippen molar-refractivity contribution in [3.63, 3.8) is 0 Å². The molecule has 0 atom stereocenters. The van der Waals surface area contributed by atoms with Crippen molar-refractivity contribution < 1.29 is 29.6 Å². The Morgan fingerprint density at radius 1 is 1.24 bits per heavy atom. The summed E-state index contributed by atoms with van der Waals surface area (Å²) in [6, 6.07) is 4.00. The lowest BCUT2D eigenvalue weighted by Crippen LogP contribution is -2.10. The Labute approximate surface area is 96.4 Å². The highest BCUT2D eigenvalue weighted by atomic mass is 16.5. The molecule has 6 nitrogen and oxygen atoms in total. The lowest BCUT2D eigenvalue weighted by Gasteiger charge is -2.04. The van der Waals surface area contributed by atoms with Crippen molar-refractivity contribution in [2.75, 3.05) is 7.11 Å². The van der Waals surface area contributed by atoms with Crippen molar-refractivity contribution >= 4 is 18.0 Å². The monoisotopic (exact) mass is 238 g/mol. The number of ether oxygens (including phenoxy) is 1. The maximum atomic E-state index is 10.6. The smallest absolute Gasteiger partial charge is 0.343 e. The quantitative estimate of drug-likeness (QED) is 0.410. The molecule has 1 aromatic rings. The van der Waals surface area contributed by atoms with Crippen LogP contribution in [0.1, 0.15) is 5.56 Å². The molecule has 0 radical (unpaired) electrons. The third kappa shape index (κ3) is 2.97. The summed E-state index contributed by atoms with van der Waals surface area (Å²) in [6.07, 6.45) is 0.979. The third-order valence-electron chi connectivity index (χ3n) is 1.98. The summed E-state index contributed by atoms with van der Waals surface area (Å²) in [6.45, 7) is 0. The molecular weight excluding hydrogens is 228 g/mol. The Kier molecular flexibility index (Phi) is 3.71. The molecule has 0 heterocycles. The van der Waals surface area contributed by atoms with Crippen molar-refractivity contribution in [2.24, 2.45) is 0 Å². The average molecular weight is 238 g/mol. The van der Waals surface area contributed by atoms with Gasteiger partial charge in [0.25, 0.3) is 0 Å². The Morgan fingerprint density at radius 2 is 1.82 bits per heavy atom. The summed E-state index contributed by atoms with van der Waals surface area (Å²) < 4.78 is 4.81. The number of hydrogen-bond donors (Lipinski definition) is 3. The van der Waals surface area contributed by atoms with Crippen LogP contribution in [0.4, 0.5) is 0 Å². The first-order valence-electron chi connectivity index (χ1n) is 4.51. The lowest BCUT2D eigenvalue weighted by atomic mass is 10.1. The van der Waals surface area contributed by atoms with E-state index in [1.807, 2.05) is 0 Å². The topological polar surface area (TPSA) is 104 Å². The van der Waals surface area contributed by atoms with Crippen LogP contribution in [0.3, 0.4) is 0 Å². The van der Waals surface area contributed by atoms with E-state index in [4.69, 9.17) is 14.9 Å². The zero-order valence-electron chi connectivity index (χ0n) is 8.88. The number of carboxylic acids is 2. The molecule has 0 spiro atoms. The van der Waals surface area contributed by atoms with Gasteiger partial charge >= 0.3 is 11.9 Å². The van der Waals surface area contributed by atoms with Gasteiger partial charge < -0.3 is 20.1 Å². The average Bonchev–Trinajstić information content (AvgIpc) is 2.26. The summed E-state index contributed by atoms with van der Waals surface area (Å²) >= 11 is 0. The molecule has 1 rings (SSSR count). The van der Waals surface area contributed by atoms with Gasteiger partial charge in [-0.3, -0.25) is 0 Å². The molecule has 0 saturated heterocycles. The van der Waals surface area contributed by atoms with Gasteiger partial charge in [0.1, 0.15) is 5.57 Å². The number of phenolic OH excluding ortho intramolecular Hbond substituents is 1. The van der Waals surface area contributed by atoms with E-state index in [-0.39, 0.29) is 11.5 Å². The number of methoxy groups -OCH3 is 1. The summed E-state index contributed by atoms with van der Waals surface area (Å²) in [4.78, 5) is 21.3. The largest absolute Gasteiger partial charge is 0.504 e. The number of aromatic hydroxyl groups is 1. The molecule has 6 heteroatoms. The second-order valence-corrected chi connectivity index (χ2v) is 3.10. The van der Waals surface area contributed by atoms with E-state index in [0.29, 0.717) is 5.56 Å². The predicted molar refractivity (Wildman–Crippen MR) is 57.9 cm³/mol. The maximum Gasteiger partial charge on any atom is 0.343 e. The van der Waals surface area contributed by atoms with Crippen LogP contribution in [-0.4, -0.2) is 34.4 Å². The van der Waals surface area contributed by atoms with Gasteiger partial charge in [-0.1, -0.05) is 6.07 Å². The van der Waals surface area contributed by atoms with Gasteiger partial charge in [-0.05, 0) is 23.8 Å². The number of aliphatic carboxylic acids is 2. The van der Waals surface area contributed by atoms with Crippen LogP contribution in [-0.2, 0) is 9.59 Å². The molecule has 0 aliphatic heterocycles. The van der Waals surface area contributed by atoms with Crippen molar-refractivity contribution in [2.45, 2.75) is 0 Å². The molecule has 0 unspecified atom stereocenters. The number of benzene rings is 1. The highest BCUT2D eigenvalue weighted by molar-refractivity contribution is 6.16. The molecule has 0 saturated carbocycles. The number of carbonyl (C=O) groups is 2. The maximum absolute atomic E-state index is 10.6. The number of hydrogen-bond acceptors (Lipinski definition) is 4. The molecule has 0 fully saturated rings. The summed E-state index contributed by atoms with van der Waals surface area (Å²) in [7, 11) is 1.33. The number of rotatable bonds is 4. The molecule has 0 aliphatic carbocycles. The Bertz CT molecular complexity index is 473. The van der Waals surface area contributed by atoms with Gasteiger partial charge in [0.2, 0.25) is 0 Å². The predicted octanol–water partition coefficient (Wildman–Crippen LogP) is 0.953. The highest BCUT2D eigenvalue weighted by Crippen LogP contribution is 2.27. The Hall–Kier alpha value is -2.50. The van der Waals surface area contributed by atoms with Gasteiger partial charge in [-0.15, -0.1) is 0 Å². The summed E-state index contributed by atoms with van der Waals surface area (Å²) in [5.41, 5.74) is -0.461. The number of phenols is 1. The molecule has 3 N–H and O–H groups in total. The Balaban J connectivity index is 3.21. The molecule has 1 aromatic carbocycles. The molecule has 0 aliphatic rings. The van der Waals surface area contributed by atoms with Crippen molar-refractivity contribution in [3.05, 3.63) is 29.3 Å². The standard InChI is InChI=1S/C11H10O6/c1-17-9-5-6(2-3-8(9)12)4-7(10(13)14)11(15)16/h2-5,12H,1H3,(H,13,14)(H,15,16). The van der Waals surface area contributed by atoms with Crippen LogP contribution in [0.25, 0.3) is 6.08 Å². The lowest BCUT2D eigenvalue weighted by molar-refractivity contribution is -0.140.